The first-order chi connectivity index (χ1) is 18.3. The van der Waals surface area contributed by atoms with Gasteiger partial charge in [0.1, 0.15) is 19.0 Å². The van der Waals surface area contributed by atoms with Crippen molar-refractivity contribution in [2.75, 3.05) is 7.11 Å². The maximum absolute atomic E-state index is 14.1. The summed E-state index contributed by atoms with van der Waals surface area (Å²) in [6.07, 6.45) is -1.86. The zero-order valence-corrected chi connectivity index (χ0v) is 22.7. The molecule has 1 amide bonds. The van der Waals surface area contributed by atoms with Crippen LogP contribution >= 0.6 is 7.60 Å². The third-order valence-corrected chi connectivity index (χ3v) is 7.83. The molecule has 1 N–H and O–H groups in total. The fraction of sp³-hybridized carbons (Fsp3) is 0.310. The SMILES string of the molecule is COP(=O)(O[C@@H](C(=O)OCc1ccccc1)C(C)C)[C@H](Cc1ccccc1)NC(=O)OCc1ccccc1. The number of hydrogen-bond donors (Lipinski definition) is 1. The van der Waals surface area contributed by atoms with Crippen LogP contribution in [0.25, 0.3) is 0 Å². The summed E-state index contributed by atoms with van der Waals surface area (Å²) >= 11 is 0. The molecule has 0 fully saturated rings. The summed E-state index contributed by atoms with van der Waals surface area (Å²) in [4.78, 5) is 25.7. The lowest BCUT2D eigenvalue weighted by Gasteiger charge is -2.30. The third kappa shape index (κ3) is 8.84. The van der Waals surface area contributed by atoms with Crippen molar-refractivity contribution >= 4 is 19.7 Å². The first-order valence-corrected chi connectivity index (χ1v) is 14.0. The first kappa shape index (κ1) is 29.1. The number of hydrogen-bond acceptors (Lipinski definition) is 7. The molecule has 0 radical (unpaired) electrons. The number of carbonyl (C=O) groups is 2. The van der Waals surface area contributed by atoms with Crippen LogP contribution in [0, 0.1) is 5.92 Å². The first-order valence-electron chi connectivity index (χ1n) is 12.4. The molecule has 0 aliphatic rings. The van der Waals surface area contributed by atoms with Crippen molar-refractivity contribution < 1.29 is 32.7 Å². The minimum absolute atomic E-state index is 0.0311. The summed E-state index contributed by atoms with van der Waals surface area (Å²) in [6, 6.07) is 27.6. The van der Waals surface area contributed by atoms with E-state index in [9.17, 15) is 14.2 Å². The van der Waals surface area contributed by atoms with E-state index in [0.717, 1.165) is 16.7 Å². The van der Waals surface area contributed by atoms with Gasteiger partial charge in [0, 0.05) is 13.5 Å². The molecular weight excluding hydrogens is 505 g/mol. The highest BCUT2D eigenvalue weighted by Gasteiger charge is 2.42. The fourth-order valence-corrected chi connectivity index (χ4v) is 5.46. The van der Waals surface area contributed by atoms with Gasteiger partial charge in [0.25, 0.3) is 0 Å². The molecule has 3 atom stereocenters. The Hall–Kier alpha value is -3.45. The zero-order valence-electron chi connectivity index (χ0n) is 21.8. The van der Waals surface area contributed by atoms with E-state index >= 15 is 0 Å². The predicted molar refractivity (Wildman–Crippen MR) is 144 cm³/mol. The second-order valence-electron chi connectivity index (χ2n) is 9.00. The van der Waals surface area contributed by atoms with Crippen molar-refractivity contribution in [3.05, 3.63) is 108 Å². The van der Waals surface area contributed by atoms with Crippen LogP contribution in [-0.2, 0) is 47.5 Å². The van der Waals surface area contributed by atoms with Gasteiger partial charge in [-0.15, -0.1) is 0 Å². The Bertz CT molecular complexity index is 1190. The zero-order chi connectivity index (χ0) is 27.4. The average molecular weight is 540 g/mol. The monoisotopic (exact) mass is 539 g/mol. The van der Waals surface area contributed by atoms with Gasteiger partial charge in [-0.2, -0.15) is 0 Å². The molecule has 3 aromatic rings. The average Bonchev–Trinajstić information content (AvgIpc) is 2.94. The minimum Gasteiger partial charge on any atom is -0.459 e. The van der Waals surface area contributed by atoms with Gasteiger partial charge < -0.3 is 19.3 Å². The van der Waals surface area contributed by atoms with E-state index in [2.05, 4.69) is 5.32 Å². The van der Waals surface area contributed by atoms with Gasteiger partial charge in [0.05, 0.1) is 0 Å². The molecule has 0 spiro atoms. The van der Waals surface area contributed by atoms with Gasteiger partial charge in [-0.1, -0.05) is 105 Å². The van der Waals surface area contributed by atoms with Crippen molar-refractivity contribution in [1.29, 1.82) is 0 Å². The van der Waals surface area contributed by atoms with E-state index < -0.39 is 31.5 Å². The Kier molecular flexibility index (Phi) is 11.1. The molecule has 0 saturated carbocycles. The maximum atomic E-state index is 14.1. The highest BCUT2D eigenvalue weighted by Crippen LogP contribution is 2.54. The highest BCUT2D eigenvalue weighted by atomic mass is 31.2. The lowest BCUT2D eigenvalue weighted by atomic mass is 10.1. The third-order valence-electron chi connectivity index (χ3n) is 5.73. The van der Waals surface area contributed by atoms with E-state index in [0.29, 0.717) is 0 Å². The van der Waals surface area contributed by atoms with Crippen molar-refractivity contribution in [3.63, 3.8) is 0 Å². The van der Waals surface area contributed by atoms with E-state index in [1.807, 2.05) is 91.0 Å². The molecule has 38 heavy (non-hydrogen) atoms. The molecule has 202 valence electrons. The molecule has 0 saturated heterocycles. The molecule has 1 unspecified atom stereocenters. The molecule has 0 aromatic heterocycles. The topological polar surface area (TPSA) is 100 Å². The van der Waals surface area contributed by atoms with Crippen molar-refractivity contribution in [3.8, 4) is 0 Å². The number of carbonyl (C=O) groups excluding carboxylic acids is 2. The number of benzene rings is 3. The summed E-state index contributed by atoms with van der Waals surface area (Å²) in [6.45, 7) is 3.58. The quantitative estimate of drug-likeness (QED) is 0.207. The van der Waals surface area contributed by atoms with Gasteiger partial charge in [0.2, 0.25) is 0 Å². The second-order valence-corrected chi connectivity index (χ2v) is 11.3. The van der Waals surface area contributed by atoms with Crippen molar-refractivity contribution in [2.24, 2.45) is 5.92 Å². The Balaban J connectivity index is 1.76. The molecule has 3 aromatic carbocycles. The lowest BCUT2D eigenvalue weighted by molar-refractivity contribution is -0.156. The van der Waals surface area contributed by atoms with Gasteiger partial charge in [-0.3, -0.25) is 9.09 Å². The minimum atomic E-state index is -4.10. The Morgan fingerprint density at radius 2 is 1.24 bits per heavy atom. The standard InChI is InChI=1S/C29H34NO7P/c1-22(2)27(28(31)35-20-24-15-9-5-10-16-24)37-38(33,34-3)26(19-23-13-7-4-8-14-23)30-29(32)36-21-25-17-11-6-12-18-25/h4-18,22,26-27H,19-21H2,1-3H3,(H,30,32)/t26-,27-,38?/m1/s1. The van der Waals surface area contributed by atoms with Crippen molar-refractivity contribution in [1.82, 2.24) is 5.32 Å². The van der Waals surface area contributed by atoms with E-state index in [-0.39, 0.29) is 25.6 Å². The lowest BCUT2D eigenvalue weighted by Crippen LogP contribution is -2.40. The summed E-state index contributed by atoms with van der Waals surface area (Å²) < 4.78 is 36.1. The summed E-state index contributed by atoms with van der Waals surface area (Å²) in [7, 11) is -2.87. The summed E-state index contributed by atoms with van der Waals surface area (Å²) in [5.41, 5.74) is 2.40. The number of ether oxygens (including phenoxy) is 2. The number of amides is 1. The van der Waals surface area contributed by atoms with Crippen LogP contribution in [0.15, 0.2) is 91.0 Å². The van der Waals surface area contributed by atoms with Gasteiger partial charge >= 0.3 is 19.7 Å². The fourth-order valence-electron chi connectivity index (χ4n) is 3.63. The largest absolute Gasteiger partial charge is 0.459 e. The Labute approximate surface area is 223 Å². The van der Waals surface area contributed by atoms with E-state index in [1.54, 1.807) is 13.8 Å². The number of nitrogens with one attached hydrogen (secondary N) is 1. The predicted octanol–water partition coefficient (Wildman–Crippen LogP) is 6.11. The van der Waals surface area contributed by atoms with Crippen LogP contribution in [0.3, 0.4) is 0 Å². The molecule has 9 heteroatoms. The van der Waals surface area contributed by atoms with Crippen LogP contribution in [0.5, 0.6) is 0 Å². The van der Waals surface area contributed by atoms with Crippen molar-refractivity contribution in [2.45, 2.75) is 45.4 Å². The number of rotatable bonds is 13. The molecule has 0 heterocycles. The van der Waals surface area contributed by atoms with Gasteiger partial charge in [-0.25, -0.2) is 9.59 Å². The second kappa shape index (κ2) is 14.5. The highest BCUT2D eigenvalue weighted by molar-refractivity contribution is 7.54. The molecule has 3 rings (SSSR count). The number of esters is 1. The van der Waals surface area contributed by atoms with Gasteiger partial charge in [0.15, 0.2) is 6.10 Å². The molecular formula is C29H34NO7P. The number of alkyl carbamates (subject to hydrolysis) is 1. The molecule has 0 bridgehead atoms. The summed E-state index contributed by atoms with van der Waals surface area (Å²) in [5.74, 6) is -2.18. The Morgan fingerprint density at radius 3 is 1.71 bits per heavy atom. The van der Waals surface area contributed by atoms with Crippen LogP contribution in [0.4, 0.5) is 4.79 Å². The van der Waals surface area contributed by atoms with Crippen LogP contribution in [0.1, 0.15) is 30.5 Å². The summed E-state index contributed by atoms with van der Waals surface area (Å²) in [5, 5.41) is 2.64. The molecule has 0 aliphatic heterocycles. The molecule has 8 nitrogen and oxygen atoms in total. The Morgan fingerprint density at radius 1 is 0.763 bits per heavy atom. The van der Waals surface area contributed by atoms with Crippen LogP contribution in [0.2, 0.25) is 0 Å². The smallest absolute Gasteiger partial charge is 0.408 e. The maximum Gasteiger partial charge on any atom is 0.408 e. The van der Waals surface area contributed by atoms with Crippen LogP contribution < -0.4 is 5.32 Å². The normalized spacial score (nSPS) is 14.2. The van der Waals surface area contributed by atoms with E-state index in [1.165, 1.54) is 7.11 Å². The van der Waals surface area contributed by atoms with Gasteiger partial charge in [-0.05, 0) is 22.6 Å². The van der Waals surface area contributed by atoms with Crippen LogP contribution in [-0.4, -0.2) is 31.1 Å². The molecule has 0 aliphatic carbocycles. The van der Waals surface area contributed by atoms with E-state index in [4.69, 9.17) is 18.5 Å².